The number of piperazine rings is 1. The monoisotopic (exact) mass is 453 g/mol. The summed E-state index contributed by atoms with van der Waals surface area (Å²) in [5, 5.41) is 5.13. The molecule has 0 radical (unpaired) electrons. The summed E-state index contributed by atoms with van der Waals surface area (Å²) in [6, 6.07) is 12.3. The molecule has 4 rings (SSSR count). The van der Waals surface area contributed by atoms with Crippen molar-refractivity contribution in [3.8, 4) is 0 Å². The lowest BCUT2D eigenvalue weighted by molar-refractivity contribution is -0.136. The normalized spacial score (nSPS) is 17.8. The number of anilines is 2. The Morgan fingerprint density at radius 1 is 1.00 bits per heavy atom. The van der Waals surface area contributed by atoms with Crippen molar-refractivity contribution in [2.45, 2.75) is 18.9 Å². The molecule has 2 aromatic rings. The second kappa shape index (κ2) is 10.3. The number of benzene rings is 2. The molecule has 0 spiro atoms. The third-order valence-corrected chi connectivity index (χ3v) is 6.60. The summed E-state index contributed by atoms with van der Waals surface area (Å²) in [6.45, 7) is 5.03. The van der Waals surface area contributed by atoms with Gasteiger partial charge in [-0.25, -0.2) is 4.39 Å². The summed E-state index contributed by atoms with van der Waals surface area (Å²) in [6.07, 6.45) is 2.17. The lowest BCUT2D eigenvalue weighted by atomic mass is 9.95. The second-order valence-electron chi connectivity index (χ2n) is 8.91. The number of likely N-dealkylation sites (N-methyl/N-ethyl adjacent to an activating group) is 1. The van der Waals surface area contributed by atoms with Gasteiger partial charge in [0.05, 0.1) is 11.7 Å². The molecule has 2 amide bonds. The van der Waals surface area contributed by atoms with Crippen molar-refractivity contribution >= 4 is 23.2 Å². The number of hydrogen-bond donors (Lipinski definition) is 2. The maximum atomic E-state index is 13.8. The molecule has 0 saturated carbocycles. The maximum absolute atomic E-state index is 13.8. The SMILES string of the molecule is CN1CCN(C(CNC(=O)C(=O)Nc2ccccc2F)c2ccc3c(c2)CCCN3C)CC1. The first-order valence-electron chi connectivity index (χ1n) is 11.5. The molecule has 1 fully saturated rings. The van der Waals surface area contributed by atoms with Crippen LogP contribution < -0.4 is 15.5 Å². The van der Waals surface area contributed by atoms with Crippen LogP contribution in [0.2, 0.25) is 0 Å². The highest BCUT2D eigenvalue weighted by Gasteiger charge is 2.27. The number of para-hydroxylation sites is 1. The van der Waals surface area contributed by atoms with Crippen LogP contribution in [0.15, 0.2) is 42.5 Å². The van der Waals surface area contributed by atoms with Gasteiger partial charge in [-0.2, -0.15) is 0 Å². The summed E-state index contributed by atoms with van der Waals surface area (Å²) in [4.78, 5) is 31.8. The Morgan fingerprint density at radius 3 is 2.52 bits per heavy atom. The van der Waals surface area contributed by atoms with E-state index >= 15 is 0 Å². The van der Waals surface area contributed by atoms with E-state index in [2.05, 4.69) is 57.6 Å². The Balaban J connectivity index is 1.48. The van der Waals surface area contributed by atoms with Crippen molar-refractivity contribution in [2.24, 2.45) is 0 Å². The van der Waals surface area contributed by atoms with Gasteiger partial charge in [-0.3, -0.25) is 14.5 Å². The van der Waals surface area contributed by atoms with E-state index in [1.807, 2.05) is 0 Å². The largest absolute Gasteiger partial charge is 0.374 e. The van der Waals surface area contributed by atoms with E-state index in [-0.39, 0.29) is 11.7 Å². The van der Waals surface area contributed by atoms with Gasteiger partial charge in [-0.05, 0) is 49.2 Å². The Morgan fingerprint density at radius 2 is 1.76 bits per heavy atom. The van der Waals surface area contributed by atoms with Crippen LogP contribution in [0.4, 0.5) is 15.8 Å². The van der Waals surface area contributed by atoms with Gasteiger partial charge in [-0.15, -0.1) is 0 Å². The third-order valence-electron chi connectivity index (χ3n) is 6.60. The van der Waals surface area contributed by atoms with E-state index in [9.17, 15) is 14.0 Å². The predicted octanol–water partition coefficient (Wildman–Crippen LogP) is 2.25. The van der Waals surface area contributed by atoms with Crippen molar-refractivity contribution in [3.63, 3.8) is 0 Å². The minimum Gasteiger partial charge on any atom is -0.374 e. The van der Waals surface area contributed by atoms with Crippen molar-refractivity contribution < 1.29 is 14.0 Å². The molecule has 2 aromatic carbocycles. The third kappa shape index (κ3) is 5.51. The number of fused-ring (bicyclic) bond motifs is 1. The van der Waals surface area contributed by atoms with Crippen molar-refractivity contribution in [1.82, 2.24) is 15.1 Å². The quantitative estimate of drug-likeness (QED) is 0.680. The highest BCUT2D eigenvalue weighted by Crippen LogP contribution is 2.31. The summed E-state index contributed by atoms with van der Waals surface area (Å²) < 4.78 is 13.8. The average Bonchev–Trinajstić information content (AvgIpc) is 2.81. The molecule has 0 aromatic heterocycles. The first-order chi connectivity index (χ1) is 15.9. The number of hydrogen-bond acceptors (Lipinski definition) is 5. The summed E-state index contributed by atoms with van der Waals surface area (Å²) in [7, 11) is 4.22. The Hall–Kier alpha value is -2.97. The fourth-order valence-electron chi connectivity index (χ4n) is 4.62. The van der Waals surface area contributed by atoms with E-state index in [1.165, 1.54) is 29.4 Å². The van der Waals surface area contributed by atoms with E-state index in [0.717, 1.165) is 51.1 Å². The number of rotatable bonds is 5. The van der Waals surface area contributed by atoms with Gasteiger partial charge >= 0.3 is 11.8 Å². The number of amides is 2. The summed E-state index contributed by atoms with van der Waals surface area (Å²) in [5.41, 5.74) is 3.72. The molecular formula is C25H32FN5O2. The molecule has 1 saturated heterocycles. The molecule has 0 aliphatic carbocycles. The highest BCUT2D eigenvalue weighted by atomic mass is 19.1. The topological polar surface area (TPSA) is 67.9 Å². The van der Waals surface area contributed by atoms with Gasteiger partial charge in [0.2, 0.25) is 0 Å². The molecule has 2 aliphatic rings. The molecule has 8 heteroatoms. The summed E-state index contributed by atoms with van der Waals surface area (Å²) >= 11 is 0. The van der Waals surface area contributed by atoms with Crippen molar-refractivity contribution in [1.29, 1.82) is 0 Å². The van der Waals surface area contributed by atoms with Gasteiger partial charge in [0.15, 0.2) is 0 Å². The van der Waals surface area contributed by atoms with Gasteiger partial charge in [-0.1, -0.05) is 24.3 Å². The van der Waals surface area contributed by atoms with Crippen LogP contribution in [0.1, 0.15) is 23.6 Å². The molecule has 2 heterocycles. The first kappa shape index (κ1) is 23.2. The van der Waals surface area contributed by atoms with Crippen LogP contribution in [0.5, 0.6) is 0 Å². The van der Waals surface area contributed by atoms with E-state index in [1.54, 1.807) is 6.07 Å². The molecule has 2 aliphatic heterocycles. The Labute approximate surface area is 194 Å². The predicted molar refractivity (Wildman–Crippen MR) is 128 cm³/mol. The smallest absolute Gasteiger partial charge is 0.313 e. The van der Waals surface area contributed by atoms with Gasteiger partial charge < -0.3 is 20.4 Å². The van der Waals surface area contributed by atoms with Crippen LogP contribution in [-0.2, 0) is 16.0 Å². The minimum absolute atomic E-state index is 0.00734. The van der Waals surface area contributed by atoms with E-state index in [4.69, 9.17) is 0 Å². The van der Waals surface area contributed by atoms with Crippen LogP contribution in [0, 0.1) is 5.82 Å². The number of nitrogens with one attached hydrogen (secondary N) is 2. The van der Waals surface area contributed by atoms with Gasteiger partial charge in [0.25, 0.3) is 0 Å². The van der Waals surface area contributed by atoms with Crippen LogP contribution in [0.3, 0.4) is 0 Å². The zero-order chi connectivity index (χ0) is 23.4. The first-order valence-corrected chi connectivity index (χ1v) is 11.5. The maximum Gasteiger partial charge on any atom is 0.313 e. The lowest BCUT2D eigenvalue weighted by Gasteiger charge is -2.39. The fourth-order valence-corrected chi connectivity index (χ4v) is 4.62. The fraction of sp³-hybridized carbons (Fsp3) is 0.440. The molecule has 1 unspecified atom stereocenters. The number of carbonyl (C=O) groups excluding carboxylic acids is 2. The molecular weight excluding hydrogens is 421 g/mol. The van der Waals surface area contributed by atoms with Crippen molar-refractivity contribution in [2.75, 3.05) is 63.6 Å². The van der Waals surface area contributed by atoms with E-state index < -0.39 is 17.6 Å². The minimum atomic E-state index is -0.871. The standard InChI is InChI=1S/C25H32FN5O2/c1-29-12-14-31(15-13-29)23(19-9-10-22-18(16-19)6-5-11-30(22)2)17-27-24(32)25(33)28-21-8-4-3-7-20(21)26/h3-4,7-10,16,23H,5-6,11-15,17H2,1-2H3,(H,27,32)(H,28,33). The molecule has 176 valence electrons. The molecule has 1 atom stereocenters. The Kier molecular flexibility index (Phi) is 7.25. The highest BCUT2D eigenvalue weighted by molar-refractivity contribution is 6.39. The molecule has 7 nitrogen and oxygen atoms in total. The van der Waals surface area contributed by atoms with Crippen LogP contribution >= 0.6 is 0 Å². The zero-order valence-electron chi connectivity index (χ0n) is 19.3. The van der Waals surface area contributed by atoms with Crippen LogP contribution in [0.25, 0.3) is 0 Å². The van der Waals surface area contributed by atoms with Gasteiger partial charge in [0.1, 0.15) is 5.82 Å². The number of aryl methyl sites for hydroxylation is 1. The zero-order valence-corrected chi connectivity index (χ0v) is 19.3. The van der Waals surface area contributed by atoms with Crippen LogP contribution in [-0.4, -0.2) is 75.0 Å². The molecule has 0 bridgehead atoms. The van der Waals surface area contributed by atoms with Crippen molar-refractivity contribution in [3.05, 3.63) is 59.4 Å². The number of carbonyl (C=O) groups is 2. The molecule has 2 N–H and O–H groups in total. The summed E-state index contributed by atoms with van der Waals surface area (Å²) in [5.74, 6) is -2.22. The van der Waals surface area contributed by atoms with Gasteiger partial charge in [0, 0.05) is 52.0 Å². The lowest BCUT2D eigenvalue weighted by Crippen LogP contribution is -2.49. The average molecular weight is 454 g/mol. The second-order valence-corrected chi connectivity index (χ2v) is 8.91. The van der Waals surface area contributed by atoms with E-state index in [0.29, 0.717) is 6.54 Å². The molecule has 33 heavy (non-hydrogen) atoms. The Bertz CT molecular complexity index is 1010. The number of nitrogens with zero attached hydrogens (tertiary/aromatic N) is 3. The number of halogens is 1.